The van der Waals surface area contributed by atoms with Crippen molar-refractivity contribution in [2.45, 2.75) is 36.6 Å². The number of carbonyl (C=O) groups excluding carboxylic acids is 1. The number of rotatable bonds is 4. The first-order chi connectivity index (χ1) is 14.2. The number of hydrogen-bond donors (Lipinski definition) is 0. The summed E-state index contributed by atoms with van der Waals surface area (Å²) in [7, 11) is 0. The van der Waals surface area contributed by atoms with Gasteiger partial charge in [0.2, 0.25) is 5.16 Å². The quantitative estimate of drug-likeness (QED) is 0.467. The van der Waals surface area contributed by atoms with Crippen LogP contribution >= 0.6 is 11.8 Å². The Bertz CT molecular complexity index is 1200. The number of Topliss-reactive ketones (excluding diaryl/α,β-unsaturated/α-hetero) is 1. The molecule has 2 aromatic carbocycles. The summed E-state index contributed by atoms with van der Waals surface area (Å²) in [6, 6.07) is 18.6. The smallest absolute Gasteiger partial charge is 0.253 e. The van der Waals surface area contributed by atoms with Gasteiger partial charge in [0.15, 0.2) is 5.78 Å². The Morgan fingerprint density at radius 3 is 2.76 bits per heavy atom. The summed E-state index contributed by atoms with van der Waals surface area (Å²) in [6.45, 7) is 2.09. The number of thioether (sulfide) groups is 1. The first-order valence-electron chi connectivity index (χ1n) is 9.68. The average Bonchev–Trinajstić information content (AvgIpc) is 3.13. The van der Waals surface area contributed by atoms with Gasteiger partial charge in [-0.2, -0.15) is 4.98 Å². The molecule has 1 aliphatic rings. The Labute approximate surface area is 173 Å². The number of ketones is 1. The highest BCUT2D eigenvalue weighted by atomic mass is 32.2. The van der Waals surface area contributed by atoms with Gasteiger partial charge in [-0.25, -0.2) is 9.50 Å². The van der Waals surface area contributed by atoms with Crippen LogP contribution in [0.5, 0.6) is 0 Å². The van der Waals surface area contributed by atoms with E-state index in [1.807, 2.05) is 18.2 Å². The molecule has 0 saturated carbocycles. The molecule has 0 radical (unpaired) electrons. The maximum Gasteiger partial charge on any atom is 0.253 e. The molecule has 0 aliphatic heterocycles. The molecule has 29 heavy (non-hydrogen) atoms. The van der Waals surface area contributed by atoms with E-state index in [-0.39, 0.29) is 11.7 Å². The van der Waals surface area contributed by atoms with E-state index in [1.54, 1.807) is 22.5 Å². The standard InChI is InChI=1S/C23H20N4OS/c1-15-6-5-7-16(10-15)14-29-23-25-22-24-20-11-18(17-8-3-2-4-9-17)12-21(28)19(20)13-27(22)26-23/h2-10,13,18H,11-12,14H2,1H3/t18-/m1/s1. The van der Waals surface area contributed by atoms with Gasteiger partial charge in [-0.15, -0.1) is 5.10 Å². The maximum absolute atomic E-state index is 12.8. The number of nitrogens with zero attached hydrogens (tertiary/aromatic N) is 4. The summed E-state index contributed by atoms with van der Waals surface area (Å²) in [4.78, 5) is 22.0. The van der Waals surface area contributed by atoms with Gasteiger partial charge in [0, 0.05) is 18.4 Å². The van der Waals surface area contributed by atoms with E-state index in [1.165, 1.54) is 16.7 Å². The van der Waals surface area contributed by atoms with E-state index in [9.17, 15) is 4.79 Å². The number of aromatic nitrogens is 4. The van der Waals surface area contributed by atoms with Crippen LogP contribution in [0.2, 0.25) is 0 Å². The summed E-state index contributed by atoms with van der Waals surface area (Å²) in [5.74, 6) is 1.65. The third-order valence-corrected chi connectivity index (χ3v) is 6.19. The zero-order valence-corrected chi connectivity index (χ0v) is 16.9. The molecule has 0 bridgehead atoms. The first kappa shape index (κ1) is 18.1. The lowest BCUT2D eigenvalue weighted by Crippen LogP contribution is -2.21. The molecule has 2 heterocycles. The SMILES string of the molecule is Cc1cccc(CSc2nc3nc4c(cn3n2)C(=O)C[C@H](c2ccccc2)C4)c1. The highest BCUT2D eigenvalue weighted by Gasteiger charge is 2.28. The van der Waals surface area contributed by atoms with E-state index in [4.69, 9.17) is 0 Å². The summed E-state index contributed by atoms with van der Waals surface area (Å²) in [5.41, 5.74) is 5.16. The predicted molar refractivity (Wildman–Crippen MR) is 113 cm³/mol. The van der Waals surface area contributed by atoms with E-state index < -0.39 is 0 Å². The van der Waals surface area contributed by atoms with Crippen LogP contribution in [0.3, 0.4) is 0 Å². The van der Waals surface area contributed by atoms with E-state index in [0.29, 0.717) is 22.9 Å². The second kappa shape index (κ2) is 7.44. The van der Waals surface area contributed by atoms with Gasteiger partial charge in [-0.1, -0.05) is 71.9 Å². The molecule has 144 valence electrons. The second-order valence-electron chi connectivity index (χ2n) is 7.46. The van der Waals surface area contributed by atoms with Crippen molar-refractivity contribution >= 4 is 23.3 Å². The highest BCUT2D eigenvalue weighted by molar-refractivity contribution is 7.98. The summed E-state index contributed by atoms with van der Waals surface area (Å²) >= 11 is 1.58. The minimum absolute atomic E-state index is 0.124. The zero-order valence-electron chi connectivity index (χ0n) is 16.1. The van der Waals surface area contributed by atoms with Crippen LogP contribution in [-0.4, -0.2) is 25.4 Å². The topological polar surface area (TPSA) is 60.1 Å². The normalized spacial score (nSPS) is 16.2. The summed E-state index contributed by atoms with van der Waals surface area (Å²) in [6.07, 6.45) is 3.05. The lowest BCUT2D eigenvalue weighted by atomic mass is 9.82. The fraction of sp³-hybridized carbons (Fsp3) is 0.217. The molecule has 0 unspecified atom stereocenters. The maximum atomic E-state index is 12.8. The third-order valence-electron chi connectivity index (χ3n) is 5.28. The second-order valence-corrected chi connectivity index (χ2v) is 8.40. The molecular weight excluding hydrogens is 380 g/mol. The lowest BCUT2D eigenvalue weighted by Gasteiger charge is -2.22. The Morgan fingerprint density at radius 2 is 1.93 bits per heavy atom. The first-order valence-corrected chi connectivity index (χ1v) is 10.7. The van der Waals surface area contributed by atoms with Crippen molar-refractivity contribution < 1.29 is 4.79 Å². The van der Waals surface area contributed by atoms with Gasteiger partial charge in [0.25, 0.3) is 5.78 Å². The highest BCUT2D eigenvalue weighted by Crippen LogP contribution is 2.32. The van der Waals surface area contributed by atoms with Crippen molar-refractivity contribution in [2.24, 2.45) is 0 Å². The Hall–Kier alpha value is -2.99. The Morgan fingerprint density at radius 1 is 1.07 bits per heavy atom. The van der Waals surface area contributed by atoms with Crippen LogP contribution in [0, 0.1) is 6.92 Å². The van der Waals surface area contributed by atoms with Gasteiger partial charge >= 0.3 is 0 Å². The minimum Gasteiger partial charge on any atom is -0.294 e. The molecule has 0 fully saturated rings. The molecular formula is C23H20N4OS. The van der Waals surface area contributed by atoms with E-state index in [0.717, 1.165) is 17.9 Å². The molecule has 1 aliphatic carbocycles. The van der Waals surface area contributed by atoms with Crippen molar-refractivity contribution in [1.29, 1.82) is 0 Å². The molecule has 5 nitrogen and oxygen atoms in total. The van der Waals surface area contributed by atoms with E-state index >= 15 is 0 Å². The number of hydrogen-bond acceptors (Lipinski definition) is 5. The van der Waals surface area contributed by atoms with Crippen LogP contribution < -0.4 is 0 Å². The van der Waals surface area contributed by atoms with Crippen LogP contribution in [0.15, 0.2) is 66.0 Å². The average molecular weight is 401 g/mol. The van der Waals surface area contributed by atoms with Crippen molar-refractivity contribution in [3.63, 3.8) is 0 Å². The molecule has 5 rings (SSSR count). The molecule has 2 aromatic heterocycles. The third kappa shape index (κ3) is 3.68. The van der Waals surface area contributed by atoms with Crippen LogP contribution in [0.1, 0.15) is 45.1 Å². The van der Waals surface area contributed by atoms with Gasteiger partial charge in [-0.3, -0.25) is 4.79 Å². The monoisotopic (exact) mass is 400 g/mol. The van der Waals surface area contributed by atoms with Crippen molar-refractivity contribution in [1.82, 2.24) is 19.6 Å². The minimum atomic E-state index is 0.124. The number of benzene rings is 2. The molecule has 4 aromatic rings. The van der Waals surface area contributed by atoms with Gasteiger partial charge < -0.3 is 0 Å². The number of aryl methyl sites for hydroxylation is 1. The molecule has 0 amide bonds. The Kier molecular flexibility index (Phi) is 4.64. The van der Waals surface area contributed by atoms with Gasteiger partial charge in [-0.05, 0) is 30.4 Å². The van der Waals surface area contributed by atoms with Gasteiger partial charge in [0.1, 0.15) is 0 Å². The molecule has 0 N–H and O–H groups in total. The molecule has 1 atom stereocenters. The van der Waals surface area contributed by atoms with Crippen LogP contribution in [0.25, 0.3) is 5.78 Å². The van der Waals surface area contributed by atoms with Crippen LogP contribution in [-0.2, 0) is 12.2 Å². The van der Waals surface area contributed by atoms with Crippen molar-refractivity contribution in [3.05, 3.63) is 88.7 Å². The molecule has 6 heteroatoms. The van der Waals surface area contributed by atoms with E-state index in [2.05, 4.69) is 58.4 Å². The van der Waals surface area contributed by atoms with Crippen molar-refractivity contribution in [2.75, 3.05) is 0 Å². The van der Waals surface area contributed by atoms with Gasteiger partial charge in [0.05, 0.1) is 11.3 Å². The fourth-order valence-corrected chi connectivity index (χ4v) is 4.60. The van der Waals surface area contributed by atoms with Crippen LogP contribution in [0.4, 0.5) is 0 Å². The number of carbonyl (C=O) groups is 1. The summed E-state index contributed by atoms with van der Waals surface area (Å²) < 4.78 is 1.64. The fourth-order valence-electron chi connectivity index (χ4n) is 3.84. The molecule has 0 saturated heterocycles. The summed E-state index contributed by atoms with van der Waals surface area (Å²) in [5, 5.41) is 5.20. The predicted octanol–water partition coefficient (Wildman–Crippen LogP) is 4.64. The lowest BCUT2D eigenvalue weighted by molar-refractivity contribution is 0.0962. The molecule has 0 spiro atoms. The van der Waals surface area contributed by atoms with Crippen molar-refractivity contribution in [3.8, 4) is 0 Å². The number of fused-ring (bicyclic) bond motifs is 2. The Balaban J connectivity index is 1.41. The largest absolute Gasteiger partial charge is 0.294 e. The zero-order chi connectivity index (χ0) is 19.8.